The molecule has 2 aromatic carbocycles. The zero-order chi connectivity index (χ0) is 21.3. The standard InChI is InChI=1S/C21H16N4O5/c1-29-19-11-13(2-5-18(19)30-9-7-22)10-14-6-8-24-20(14)23-17-4-3-15(25(27)28)12-16(17)21(24)26/h2-5,10-12H,6,8-9H2,1H3/b14-10+. The van der Waals surface area contributed by atoms with E-state index in [1.807, 2.05) is 18.2 Å². The molecule has 0 fully saturated rings. The van der Waals surface area contributed by atoms with Crippen LogP contribution in [0.3, 0.4) is 0 Å². The summed E-state index contributed by atoms with van der Waals surface area (Å²) in [6, 6.07) is 11.3. The van der Waals surface area contributed by atoms with Gasteiger partial charge in [0.05, 0.1) is 22.9 Å². The van der Waals surface area contributed by atoms with Gasteiger partial charge in [-0.05, 0) is 41.8 Å². The molecule has 1 aromatic heterocycles. The number of benzene rings is 2. The number of allylic oxidation sites excluding steroid dienone is 1. The van der Waals surface area contributed by atoms with Crippen LogP contribution in [0.5, 0.6) is 11.5 Å². The van der Waals surface area contributed by atoms with Crippen LogP contribution >= 0.6 is 0 Å². The SMILES string of the molecule is COc1cc(/C=C2\CCn3c2nc2ccc([N+](=O)[O-])cc2c3=O)ccc1OCC#N. The van der Waals surface area contributed by atoms with Crippen LogP contribution in [0, 0.1) is 21.4 Å². The molecule has 0 unspecified atom stereocenters. The van der Waals surface area contributed by atoms with Crippen molar-refractivity contribution in [3.63, 3.8) is 0 Å². The van der Waals surface area contributed by atoms with Crippen molar-refractivity contribution < 1.29 is 14.4 Å². The van der Waals surface area contributed by atoms with E-state index < -0.39 is 4.92 Å². The Hall–Kier alpha value is -4.19. The van der Waals surface area contributed by atoms with Crippen molar-refractivity contribution >= 4 is 28.2 Å². The zero-order valence-corrected chi connectivity index (χ0v) is 16.0. The number of nitrogens with zero attached hydrogens (tertiary/aromatic N) is 4. The summed E-state index contributed by atoms with van der Waals surface area (Å²) in [4.78, 5) is 27.9. The number of nitro groups is 1. The van der Waals surface area contributed by atoms with Gasteiger partial charge in [-0.3, -0.25) is 19.5 Å². The molecule has 1 aliphatic heterocycles. The number of fused-ring (bicyclic) bond motifs is 2. The Labute approximate surface area is 170 Å². The van der Waals surface area contributed by atoms with Crippen molar-refractivity contribution in [3.05, 3.63) is 68.3 Å². The van der Waals surface area contributed by atoms with Gasteiger partial charge in [-0.1, -0.05) is 6.07 Å². The summed E-state index contributed by atoms with van der Waals surface area (Å²) in [6.45, 7) is 0.369. The highest BCUT2D eigenvalue weighted by molar-refractivity contribution is 5.86. The lowest BCUT2D eigenvalue weighted by atomic mass is 10.1. The van der Waals surface area contributed by atoms with Crippen LogP contribution in [0.4, 0.5) is 5.69 Å². The fourth-order valence-electron chi connectivity index (χ4n) is 3.46. The molecule has 0 atom stereocenters. The Morgan fingerprint density at radius 2 is 2.13 bits per heavy atom. The van der Waals surface area contributed by atoms with Gasteiger partial charge >= 0.3 is 0 Å². The molecule has 3 aromatic rings. The molecule has 0 saturated carbocycles. The van der Waals surface area contributed by atoms with E-state index in [-0.39, 0.29) is 23.2 Å². The Kier molecular flexibility index (Phi) is 4.90. The number of aromatic nitrogens is 2. The molecule has 2 heterocycles. The maximum atomic E-state index is 12.8. The number of rotatable bonds is 5. The molecule has 0 aliphatic carbocycles. The molecule has 9 heteroatoms. The number of methoxy groups -OCH3 is 1. The van der Waals surface area contributed by atoms with Crippen LogP contribution in [-0.2, 0) is 6.54 Å². The van der Waals surface area contributed by atoms with Gasteiger partial charge < -0.3 is 9.47 Å². The lowest BCUT2D eigenvalue weighted by Crippen LogP contribution is -2.20. The number of non-ortho nitro benzene ring substituents is 1. The summed E-state index contributed by atoms with van der Waals surface area (Å²) in [5.74, 6) is 1.51. The van der Waals surface area contributed by atoms with Gasteiger partial charge in [-0.25, -0.2) is 4.98 Å². The predicted molar refractivity (Wildman–Crippen MR) is 109 cm³/mol. The van der Waals surface area contributed by atoms with Crippen LogP contribution in [0.25, 0.3) is 22.6 Å². The molecule has 0 amide bonds. The minimum absolute atomic E-state index is 0.0811. The summed E-state index contributed by atoms with van der Waals surface area (Å²) >= 11 is 0. The molecule has 0 N–H and O–H groups in total. The first kappa shape index (κ1) is 19.1. The summed E-state index contributed by atoms with van der Waals surface area (Å²) in [6.07, 6.45) is 2.52. The first-order chi connectivity index (χ1) is 14.5. The normalized spacial score (nSPS) is 13.8. The van der Waals surface area contributed by atoms with E-state index in [1.165, 1.54) is 25.3 Å². The third-order valence-electron chi connectivity index (χ3n) is 4.86. The highest BCUT2D eigenvalue weighted by Gasteiger charge is 2.22. The van der Waals surface area contributed by atoms with Crippen molar-refractivity contribution in [1.82, 2.24) is 9.55 Å². The maximum absolute atomic E-state index is 12.8. The smallest absolute Gasteiger partial charge is 0.270 e. The van der Waals surface area contributed by atoms with Crippen LogP contribution in [0.1, 0.15) is 17.8 Å². The highest BCUT2D eigenvalue weighted by atomic mass is 16.6. The molecule has 4 rings (SSSR count). The van der Waals surface area contributed by atoms with Crippen molar-refractivity contribution in [3.8, 4) is 17.6 Å². The molecule has 0 bridgehead atoms. The van der Waals surface area contributed by atoms with E-state index in [0.717, 1.165) is 11.1 Å². The number of ether oxygens (including phenoxy) is 2. The van der Waals surface area contributed by atoms with E-state index in [9.17, 15) is 14.9 Å². The van der Waals surface area contributed by atoms with Gasteiger partial charge in [-0.2, -0.15) is 5.26 Å². The second kappa shape index (κ2) is 7.67. The first-order valence-electron chi connectivity index (χ1n) is 9.09. The summed E-state index contributed by atoms with van der Waals surface area (Å²) in [7, 11) is 1.52. The van der Waals surface area contributed by atoms with E-state index in [1.54, 1.807) is 16.7 Å². The average molecular weight is 404 g/mol. The summed E-state index contributed by atoms with van der Waals surface area (Å²) in [5, 5.41) is 19.9. The number of nitro benzene ring substituents is 1. The molecule has 1 aliphatic rings. The molecular weight excluding hydrogens is 388 g/mol. The molecular formula is C21H16N4O5. The van der Waals surface area contributed by atoms with E-state index >= 15 is 0 Å². The molecule has 0 saturated heterocycles. The Bertz CT molecular complexity index is 1300. The van der Waals surface area contributed by atoms with Gasteiger partial charge in [0.25, 0.3) is 11.2 Å². The monoisotopic (exact) mass is 404 g/mol. The van der Waals surface area contributed by atoms with Gasteiger partial charge in [0, 0.05) is 18.7 Å². The topological polar surface area (TPSA) is 120 Å². The van der Waals surface area contributed by atoms with Gasteiger partial charge in [0.2, 0.25) is 0 Å². The minimum atomic E-state index is -0.528. The van der Waals surface area contributed by atoms with Crippen molar-refractivity contribution in [2.75, 3.05) is 13.7 Å². The number of hydrogen-bond acceptors (Lipinski definition) is 7. The van der Waals surface area contributed by atoms with Crippen LogP contribution in [0.2, 0.25) is 0 Å². The fourth-order valence-corrected chi connectivity index (χ4v) is 3.46. The molecule has 150 valence electrons. The van der Waals surface area contributed by atoms with Crippen LogP contribution in [0.15, 0.2) is 41.2 Å². The highest BCUT2D eigenvalue weighted by Crippen LogP contribution is 2.32. The zero-order valence-electron chi connectivity index (χ0n) is 16.0. The third-order valence-corrected chi connectivity index (χ3v) is 4.86. The quantitative estimate of drug-likeness (QED) is 0.473. The average Bonchev–Trinajstić information content (AvgIpc) is 3.15. The fraction of sp³-hybridized carbons (Fsp3) is 0.190. The molecule has 30 heavy (non-hydrogen) atoms. The van der Waals surface area contributed by atoms with Crippen molar-refractivity contribution in [2.24, 2.45) is 0 Å². The Balaban J connectivity index is 1.76. The maximum Gasteiger partial charge on any atom is 0.270 e. The van der Waals surface area contributed by atoms with Gasteiger partial charge in [0.15, 0.2) is 18.1 Å². The number of nitriles is 1. The lowest BCUT2D eigenvalue weighted by molar-refractivity contribution is -0.384. The second-order valence-corrected chi connectivity index (χ2v) is 6.63. The van der Waals surface area contributed by atoms with Crippen molar-refractivity contribution in [2.45, 2.75) is 13.0 Å². The van der Waals surface area contributed by atoms with Gasteiger partial charge in [-0.15, -0.1) is 0 Å². The first-order valence-corrected chi connectivity index (χ1v) is 9.09. The summed E-state index contributed by atoms with van der Waals surface area (Å²) in [5.41, 5.74) is 1.70. The van der Waals surface area contributed by atoms with E-state index in [4.69, 9.17) is 14.7 Å². The van der Waals surface area contributed by atoms with Gasteiger partial charge in [0.1, 0.15) is 11.9 Å². The Morgan fingerprint density at radius 3 is 2.87 bits per heavy atom. The minimum Gasteiger partial charge on any atom is -0.493 e. The Morgan fingerprint density at radius 1 is 1.30 bits per heavy atom. The van der Waals surface area contributed by atoms with Crippen LogP contribution in [-0.4, -0.2) is 28.2 Å². The molecule has 0 spiro atoms. The second-order valence-electron chi connectivity index (χ2n) is 6.63. The lowest BCUT2D eigenvalue weighted by Gasteiger charge is -2.09. The van der Waals surface area contributed by atoms with E-state index in [0.29, 0.717) is 35.8 Å². The predicted octanol–water partition coefficient (Wildman–Crippen LogP) is 3.16. The third kappa shape index (κ3) is 3.35. The van der Waals surface area contributed by atoms with Crippen molar-refractivity contribution in [1.29, 1.82) is 5.26 Å². The number of hydrogen-bond donors (Lipinski definition) is 0. The molecule has 0 radical (unpaired) electrons. The summed E-state index contributed by atoms with van der Waals surface area (Å²) < 4.78 is 12.2. The largest absolute Gasteiger partial charge is 0.493 e. The van der Waals surface area contributed by atoms with E-state index in [2.05, 4.69) is 4.98 Å². The van der Waals surface area contributed by atoms with Crippen LogP contribution < -0.4 is 15.0 Å². The molecule has 9 nitrogen and oxygen atoms in total.